The van der Waals surface area contributed by atoms with Crippen LogP contribution in [0.1, 0.15) is 6.92 Å². The Morgan fingerprint density at radius 3 is 3.18 bits per heavy atom. The van der Waals surface area contributed by atoms with Crippen molar-refractivity contribution < 1.29 is 14.3 Å². The molecule has 0 saturated heterocycles. The highest BCUT2D eigenvalue weighted by atomic mass is 32.2. The highest BCUT2D eigenvalue weighted by Crippen LogP contribution is 2.20. The molecule has 2 N–H and O–H groups in total. The van der Waals surface area contributed by atoms with E-state index in [0.717, 1.165) is 0 Å². The molecule has 1 aliphatic rings. The average molecular weight is 323 g/mol. The number of rotatable bonds is 7. The summed E-state index contributed by atoms with van der Waals surface area (Å²) in [6, 6.07) is -0.337. The molecule has 1 aromatic heterocycles. The van der Waals surface area contributed by atoms with Crippen LogP contribution < -0.4 is 10.6 Å². The summed E-state index contributed by atoms with van der Waals surface area (Å²) >= 11 is 1.37. The summed E-state index contributed by atoms with van der Waals surface area (Å²) in [7, 11) is 0. The molecule has 1 aliphatic heterocycles. The molecule has 2 amide bonds. The molecule has 9 heteroatoms. The SMILES string of the molecule is C=CCn1cnnc1SCC1=C(C(=O)OCC)CNC(=O)N1. The third kappa shape index (κ3) is 3.88. The third-order valence-electron chi connectivity index (χ3n) is 2.83. The monoisotopic (exact) mass is 323 g/mol. The van der Waals surface area contributed by atoms with Gasteiger partial charge < -0.3 is 19.9 Å². The Balaban J connectivity index is 2.12. The van der Waals surface area contributed by atoms with Crippen molar-refractivity contribution in [3.63, 3.8) is 0 Å². The van der Waals surface area contributed by atoms with E-state index in [9.17, 15) is 9.59 Å². The number of carbonyl (C=O) groups is 2. The summed E-state index contributed by atoms with van der Waals surface area (Å²) < 4.78 is 6.83. The highest BCUT2D eigenvalue weighted by molar-refractivity contribution is 7.99. The minimum atomic E-state index is -0.432. The van der Waals surface area contributed by atoms with E-state index in [1.807, 2.05) is 4.57 Å². The fourth-order valence-corrected chi connectivity index (χ4v) is 2.74. The van der Waals surface area contributed by atoms with E-state index in [4.69, 9.17) is 4.74 Å². The quantitative estimate of drug-likeness (QED) is 0.435. The predicted molar refractivity (Wildman–Crippen MR) is 81.1 cm³/mol. The van der Waals surface area contributed by atoms with Gasteiger partial charge in [0.05, 0.1) is 18.7 Å². The molecule has 0 atom stereocenters. The molecule has 22 heavy (non-hydrogen) atoms. The molecule has 0 bridgehead atoms. The minimum absolute atomic E-state index is 0.153. The summed E-state index contributed by atoms with van der Waals surface area (Å²) in [5, 5.41) is 13.7. The Labute approximate surface area is 132 Å². The Bertz CT molecular complexity index is 611. The molecule has 8 nitrogen and oxygen atoms in total. The van der Waals surface area contributed by atoms with Gasteiger partial charge in [0.15, 0.2) is 5.16 Å². The number of carbonyl (C=O) groups excluding carboxylic acids is 2. The second-order valence-corrected chi connectivity index (χ2v) is 5.27. The van der Waals surface area contributed by atoms with Gasteiger partial charge in [-0.1, -0.05) is 17.8 Å². The first-order chi connectivity index (χ1) is 10.7. The smallest absolute Gasteiger partial charge is 0.337 e. The molecule has 0 aliphatic carbocycles. The maximum absolute atomic E-state index is 11.9. The molecule has 0 aromatic carbocycles. The van der Waals surface area contributed by atoms with Gasteiger partial charge >= 0.3 is 12.0 Å². The van der Waals surface area contributed by atoms with Crippen molar-refractivity contribution in [2.75, 3.05) is 18.9 Å². The van der Waals surface area contributed by atoms with Gasteiger partial charge in [0.25, 0.3) is 0 Å². The van der Waals surface area contributed by atoms with Crippen LogP contribution in [0.25, 0.3) is 0 Å². The predicted octanol–water partition coefficient (Wildman–Crippen LogP) is 0.686. The number of hydrogen-bond donors (Lipinski definition) is 2. The van der Waals surface area contributed by atoms with E-state index in [-0.39, 0.29) is 19.2 Å². The first-order valence-electron chi connectivity index (χ1n) is 6.71. The minimum Gasteiger partial charge on any atom is -0.463 e. The first-order valence-corrected chi connectivity index (χ1v) is 7.69. The maximum Gasteiger partial charge on any atom is 0.337 e. The second-order valence-electron chi connectivity index (χ2n) is 4.33. The van der Waals surface area contributed by atoms with Crippen molar-refractivity contribution in [3.05, 3.63) is 30.3 Å². The number of nitrogens with zero attached hydrogens (tertiary/aromatic N) is 3. The van der Waals surface area contributed by atoms with Crippen molar-refractivity contribution in [2.24, 2.45) is 0 Å². The lowest BCUT2D eigenvalue weighted by Gasteiger charge is -2.20. The maximum atomic E-state index is 11.9. The van der Waals surface area contributed by atoms with Crippen LogP contribution in [0.4, 0.5) is 4.79 Å². The Morgan fingerprint density at radius 2 is 2.45 bits per heavy atom. The summed E-state index contributed by atoms with van der Waals surface area (Å²) in [5.74, 6) is -0.0459. The van der Waals surface area contributed by atoms with E-state index < -0.39 is 5.97 Å². The van der Waals surface area contributed by atoms with Gasteiger partial charge in [-0.25, -0.2) is 9.59 Å². The van der Waals surface area contributed by atoms with E-state index in [2.05, 4.69) is 27.4 Å². The zero-order chi connectivity index (χ0) is 15.9. The fourth-order valence-electron chi connectivity index (χ4n) is 1.83. The summed E-state index contributed by atoms with van der Waals surface area (Å²) in [6.45, 7) is 6.43. The molecular weight excluding hydrogens is 306 g/mol. The van der Waals surface area contributed by atoms with Crippen LogP contribution in [0, 0.1) is 0 Å². The van der Waals surface area contributed by atoms with E-state index in [0.29, 0.717) is 28.7 Å². The van der Waals surface area contributed by atoms with Crippen LogP contribution in [0.5, 0.6) is 0 Å². The number of ether oxygens (including phenoxy) is 1. The Kier molecular flexibility index (Phi) is 5.59. The van der Waals surface area contributed by atoms with Gasteiger partial charge in [0.2, 0.25) is 0 Å². The van der Waals surface area contributed by atoms with Gasteiger partial charge in [0.1, 0.15) is 6.33 Å². The number of amides is 2. The first kappa shape index (κ1) is 16.1. The molecule has 0 radical (unpaired) electrons. The molecule has 0 fully saturated rings. The normalized spacial score (nSPS) is 14.3. The zero-order valence-electron chi connectivity index (χ0n) is 12.2. The van der Waals surface area contributed by atoms with Gasteiger partial charge in [-0.2, -0.15) is 0 Å². The van der Waals surface area contributed by atoms with Crippen molar-refractivity contribution in [1.82, 2.24) is 25.4 Å². The highest BCUT2D eigenvalue weighted by Gasteiger charge is 2.24. The Hall–Kier alpha value is -2.29. The van der Waals surface area contributed by atoms with E-state index in [1.165, 1.54) is 11.8 Å². The molecule has 2 heterocycles. The molecule has 0 saturated carbocycles. The molecule has 1 aromatic rings. The van der Waals surface area contributed by atoms with Crippen LogP contribution in [-0.2, 0) is 16.1 Å². The zero-order valence-corrected chi connectivity index (χ0v) is 13.0. The number of nitrogens with one attached hydrogen (secondary N) is 2. The van der Waals surface area contributed by atoms with Crippen LogP contribution >= 0.6 is 11.8 Å². The van der Waals surface area contributed by atoms with Crippen molar-refractivity contribution >= 4 is 23.8 Å². The summed E-state index contributed by atoms with van der Waals surface area (Å²) in [5.41, 5.74) is 0.948. The summed E-state index contributed by atoms with van der Waals surface area (Å²) in [4.78, 5) is 23.4. The van der Waals surface area contributed by atoms with Gasteiger partial charge in [-0.3, -0.25) is 0 Å². The van der Waals surface area contributed by atoms with E-state index >= 15 is 0 Å². The van der Waals surface area contributed by atoms with Gasteiger partial charge in [-0.05, 0) is 6.92 Å². The molecule has 0 spiro atoms. The number of urea groups is 1. The summed E-state index contributed by atoms with van der Waals surface area (Å²) in [6.07, 6.45) is 3.34. The van der Waals surface area contributed by atoms with Crippen LogP contribution in [0.3, 0.4) is 0 Å². The average Bonchev–Trinajstić information content (AvgIpc) is 2.93. The van der Waals surface area contributed by atoms with Crippen molar-refractivity contribution in [2.45, 2.75) is 18.6 Å². The standard InChI is InChI=1S/C13H17N5O3S/c1-3-5-18-8-15-17-13(18)22-7-10-9(11(19)21-4-2)6-14-12(20)16-10/h3,8H,1,4-7H2,2H3,(H2,14,16,20). The third-order valence-corrected chi connectivity index (χ3v) is 3.84. The lowest BCUT2D eigenvalue weighted by atomic mass is 10.2. The molecular formula is C13H17N5O3S. The number of allylic oxidation sites excluding steroid dienone is 1. The van der Waals surface area contributed by atoms with Crippen LogP contribution in [0.15, 0.2) is 35.4 Å². The number of esters is 1. The topological polar surface area (TPSA) is 98.1 Å². The number of hydrogen-bond acceptors (Lipinski definition) is 6. The molecule has 0 unspecified atom stereocenters. The van der Waals surface area contributed by atoms with Crippen molar-refractivity contribution in [3.8, 4) is 0 Å². The van der Waals surface area contributed by atoms with E-state index in [1.54, 1.807) is 19.3 Å². The van der Waals surface area contributed by atoms with Crippen molar-refractivity contribution in [1.29, 1.82) is 0 Å². The fraction of sp³-hybridized carbons (Fsp3) is 0.385. The number of thioether (sulfide) groups is 1. The van der Waals surface area contributed by atoms with Gasteiger partial charge in [0, 0.05) is 18.0 Å². The van der Waals surface area contributed by atoms with Crippen LogP contribution in [0.2, 0.25) is 0 Å². The number of aromatic nitrogens is 3. The van der Waals surface area contributed by atoms with Gasteiger partial charge in [-0.15, -0.1) is 16.8 Å². The van der Waals surface area contributed by atoms with Crippen LogP contribution in [-0.4, -0.2) is 45.7 Å². The lowest BCUT2D eigenvalue weighted by Crippen LogP contribution is -2.44. The lowest BCUT2D eigenvalue weighted by molar-refractivity contribution is -0.138. The molecule has 2 rings (SSSR count). The largest absolute Gasteiger partial charge is 0.463 e. The Morgan fingerprint density at radius 1 is 1.64 bits per heavy atom. The second kappa shape index (κ2) is 7.64. The molecule has 118 valence electrons.